The zero-order valence-corrected chi connectivity index (χ0v) is 10.4. The third kappa shape index (κ3) is 4.37. The van der Waals surface area contributed by atoms with E-state index < -0.39 is 10.2 Å². The third-order valence-corrected chi connectivity index (χ3v) is 4.32. The first kappa shape index (κ1) is 12.3. The molecule has 1 atom stereocenters. The van der Waals surface area contributed by atoms with Gasteiger partial charge in [-0.05, 0) is 38.6 Å². The number of hydrogen-bond donors (Lipinski definition) is 3. The van der Waals surface area contributed by atoms with Crippen LogP contribution >= 0.6 is 0 Å². The molecule has 0 aromatic heterocycles. The Hall–Kier alpha value is -0.170. The third-order valence-electron chi connectivity index (χ3n) is 3.10. The lowest BCUT2D eigenvalue weighted by Crippen LogP contribution is -2.41. The van der Waals surface area contributed by atoms with Gasteiger partial charge in [0.15, 0.2) is 0 Å². The standard InChI is InChI=1S/C10H21N3O2S/c14-16(15,13-10-4-5-10)12-8-6-9-3-1-2-7-11-9/h9-13H,1-8H2. The molecule has 0 bridgehead atoms. The highest BCUT2D eigenvalue weighted by Gasteiger charge is 2.26. The molecule has 2 aliphatic rings. The van der Waals surface area contributed by atoms with Crippen molar-refractivity contribution in [2.24, 2.45) is 0 Å². The van der Waals surface area contributed by atoms with Gasteiger partial charge in [-0.15, -0.1) is 0 Å². The van der Waals surface area contributed by atoms with Crippen LogP contribution in [0.4, 0.5) is 0 Å². The first-order valence-corrected chi connectivity index (χ1v) is 7.64. The van der Waals surface area contributed by atoms with E-state index in [0.29, 0.717) is 12.6 Å². The Balaban J connectivity index is 1.62. The van der Waals surface area contributed by atoms with Crippen molar-refractivity contribution < 1.29 is 8.42 Å². The van der Waals surface area contributed by atoms with Gasteiger partial charge < -0.3 is 5.32 Å². The average Bonchev–Trinajstić information content (AvgIpc) is 3.02. The Morgan fingerprint density at radius 3 is 2.62 bits per heavy atom. The van der Waals surface area contributed by atoms with Crippen LogP contribution in [0.1, 0.15) is 38.5 Å². The minimum Gasteiger partial charge on any atom is -0.314 e. The predicted molar refractivity (Wildman–Crippen MR) is 63.3 cm³/mol. The first-order chi connectivity index (χ1) is 7.66. The van der Waals surface area contributed by atoms with E-state index in [-0.39, 0.29) is 6.04 Å². The monoisotopic (exact) mass is 247 g/mol. The SMILES string of the molecule is O=S(=O)(NCCC1CCCCN1)NC1CC1. The molecule has 1 aliphatic carbocycles. The van der Waals surface area contributed by atoms with E-state index in [2.05, 4.69) is 14.8 Å². The van der Waals surface area contributed by atoms with Crippen LogP contribution in [0.5, 0.6) is 0 Å². The minimum absolute atomic E-state index is 0.185. The highest BCUT2D eigenvalue weighted by Crippen LogP contribution is 2.19. The summed E-state index contributed by atoms with van der Waals surface area (Å²) in [5, 5.41) is 3.40. The smallest absolute Gasteiger partial charge is 0.277 e. The molecule has 1 unspecified atom stereocenters. The fourth-order valence-electron chi connectivity index (χ4n) is 2.00. The zero-order chi connectivity index (χ0) is 11.4. The van der Waals surface area contributed by atoms with Crippen LogP contribution in [-0.2, 0) is 10.2 Å². The molecule has 94 valence electrons. The van der Waals surface area contributed by atoms with Crippen LogP contribution in [0, 0.1) is 0 Å². The van der Waals surface area contributed by atoms with Gasteiger partial charge in [-0.3, -0.25) is 0 Å². The van der Waals surface area contributed by atoms with Crippen molar-refractivity contribution in [2.75, 3.05) is 13.1 Å². The predicted octanol–water partition coefficient (Wildman–Crippen LogP) is 0.105. The second kappa shape index (κ2) is 5.44. The van der Waals surface area contributed by atoms with Crippen molar-refractivity contribution in [1.29, 1.82) is 0 Å². The molecule has 1 heterocycles. The van der Waals surface area contributed by atoms with E-state index in [1.807, 2.05) is 0 Å². The van der Waals surface area contributed by atoms with Crippen LogP contribution in [0.15, 0.2) is 0 Å². The van der Waals surface area contributed by atoms with Crippen LogP contribution in [0.2, 0.25) is 0 Å². The summed E-state index contributed by atoms with van der Waals surface area (Å²) in [6.45, 7) is 1.59. The molecular formula is C10H21N3O2S. The van der Waals surface area contributed by atoms with Gasteiger partial charge in [0.05, 0.1) is 0 Å². The second-order valence-electron chi connectivity index (χ2n) is 4.73. The van der Waals surface area contributed by atoms with Crippen molar-refractivity contribution in [3.05, 3.63) is 0 Å². The molecule has 0 amide bonds. The molecule has 5 nitrogen and oxygen atoms in total. The summed E-state index contributed by atoms with van der Waals surface area (Å²) in [6.07, 6.45) is 6.50. The molecule has 0 aromatic rings. The van der Waals surface area contributed by atoms with E-state index in [1.165, 1.54) is 12.8 Å². The Morgan fingerprint density at radius 2 is 2.00 bits per heavy atom. The van der Waals surface area contributed by atoms with Gasteiger partial charge in [-0.2, -0.15) is 13.1 Å². The molecule has 3 N–H and O–H groups in total. The summed E-state index contributed by atoms with van der Waals surface area (Å²) in [6, 6.07) is 0.669. The molecule has 16 heavy (non-hydrogen) atoms. The van der Waals surface area contributed by atoms with Gasteiger partial charge in [-0.1, -0.05) is 6.42 Å². The van der Waals surface area contributed by atoms with Gasteiger partial charge in [0, 0.05) is 18.6 Å². The van der Waals surface area contributed by atoms with E-state index in [1.54, 1.807) is 0 Å². The topological polar surface area (TPSA) is 70.2 Å². The first-order valence-electron chi connectivity index (χ1n) is 6.16. The fraction of sp³-hybridized carbons (Fsp3) is 1.00. The van der Waals surface area contributed by atoms with Crippen molar-refractivity contribution in [3.8, 4) is 0 Å². The van der Waals surface area contributed by atoms with Crippen LogP contribution in [0.25, 0.3) is 0 Å². The van der Waals surface area contributed by atoms with Gasteiger partial charge in [0.25, 0.3) is 10.2 Å². The maximum atomic E-state index is 11.5. The zero-order valence-electron chi connectivity index (χ0n) is 9.54. The van der Waals surface area contributed by atoms with E-state index >= 15 is 0 Å². The number of hydrogen-bond acceptors (Lipinski definition) is 3. The Morgan fingerprint density at radius 1 is 1.19 bits per heavy atom. The quantitative estimate of drug-likeness (QED) is 0.624. The molecular weight excluding hydrogens is 226 g/mol. The highest BCUT2D eigenvalue weighted by atomic mass is 32.2. The van der Waals surface area contributed by atoms with Crippen molar-refractivity contribution in [2.45, 2.75) is 50.6 Å². The fourth-order valence-corrected chi connectivity index (χ4v) is 3.14. The van der Waals surface area contributed by atoms with Crippen molar-refractivity contribution in [1.82, 2.24) is 14.8 Å². The molecule has 1 saturated heterocycles. The minimum atomic E-state index is -3.25. The Kier molecular flexibility index (Phi) is 4.18. The lowest BCUT2D eigenvalue weighted by atomic mass is 10.0. The van der Waals surface area contributed by atoms with Gasteiger partial charge in [0.2, 0.25) is 0 Å². The van der Waals surface area contributed by atoms with Gasteiger partial charge >= 0.3 is 0 Å². The summed E-state index contributed by atoms with van der Waals surface area (Å²) >= 11 is 0. The van der Waals surface area contributed by atoms with E-state index in [0.717, 1.165) is 32.2 Å². The Labute approximate surface area is 97.6 Å². The maximum Gasteiger partial charge on any atom is 0.277 e. The maximum absolute atomic E-state index is 11.5. The second-order valence-corrected chi connectivity index (χ2v) is 6.26. The van der Waals surface area contributed by atoms with Crippen LogP contribution in [0.3, 0.4) is 0 Å². The van der Waals surface area contributed by atoms with Crippen molar-refractivity contribution in [3.63, 3.8) is 0 Å². The lowest BCUT2D eigenvalue weighted by Gasteiger charge is -2.23. The number of piperidine rings is 1. The highest BCUT2D eigenvalue weighted by molar-refractivity contribution is 7.87. The van der Waals surface area contributed by atoms with E-state index in [9.17, 15) is 8.42 Å². The molecule has 2 fully saturated rings. The molecule has 2 rings (SSSR count). The summed E-state index contributed by atoms with van der Waals surface area (Å²) in [7, 11) is -3.25. The normalized spacial score (nSPS) is 26.9. The molecule has 1 saturated carbocycles. The lowest BCUT2D eigenvalue weighted by molar-refractivity contribution is 0.382. The molecule has 0 radical (unpaired) electrons. The average molecular weight is 247 g/mol. The van der Waals surface area contributed by atoms with Crippen LogP contribution in [-0.4, -0.2) is 33.6 Å². The summed E-state index contributed by atoms with van der Waals surface area (Å²) in [5.74, 6) is 0. The largest absolute Gasteiger partial charge is 0.314 e. The summed E-state index contributed by atoms with van der Waals surface area (Å²) < 4.78 is 28.2. The summed E-state index contributed by atoms with van der Waals surface area (Å²) in [4.78, 5) is 0. The van der Waals surface area contributed by atoms with Gasteiger partial charge in [0.1, 0.15) is 0 Å². The van der Waals surface area contributed by atoms with E-state index in [4.69, 9.17) is 0 Å². The molecule has 6 heteroatoms. The van der Waals surface area contributed by atoms with Crippen LogP contribution < -0.4 is 14.8 Å². The molecule has 0 aromatic carbocycles. The molecule has 0 spiro atoms. The number of rotatable bonds is 6. The van der Waals surface area contributed by atoms with Crippen molar-refractivity contribution >= 4 is 10.2 Å². The van der Waals surface area contributed by atoms with Gasteiger partial charge in [-0.25, -0.2) is 4.72 Å². The Bertz CT molecular complexity index is 308. The number of nitrogens with one attached hydrogen (secondary N) is 3. The summed E-state index contributed by atoms with van der Waals surface area (Å²) in [5.41, 5.74) is 0. The molecule has 1 aliphatic heterocycles.